The molecule has 6 rings (SSSR count). The topological polar surface area (TPSA) is 0 Å². The van der Waals surface area contributed by atoms with Crippen molar-refractivity contribution in [2.24, 2.45) is 75.9 Å². The van der Waals surface area contributed by atoms with Gasteiger partial charge in [-0.15, -0.1) is 0 Å². The average molecular weight is 627 g/mol. The Morgan fingerprint density at radius 2 is 1.19 bits per heavy atom. The van der Waals surface area contributed by atoms with Crippen molar-refractivity contribution >= 4 is 19.8 Å². The molecule has 6 aliphatic rings. The van der Waals surface area contributed by atoms with Gasteiger partial charge in [0.1, 0.15) is 0 Å². The molecule has 0 aromatic rings. The fraction of sp³-hybridized carbons (Fsp3) is 1.00. The highest BCUT2D eigenvalue weighted by molar-refractivity contribution is 8.00. The lowest BCUT2D eigenvalue weighted by Crippen LogP contribution is -2.52. The van der Waals surface area contributed by atoms with Gasteiger partial charge in [-0.2, -0.15) is 11.8 Å². The second-order valence-corrected chi connectivity index (χ2v) is 26.7. The standard InChI is InChI=1S/C41H74SSi/c1-12-43(13-2,39-27(5)26(4)37-36(39)33-17-14-15-20-35(33)42-37)38-25(3)21-34-31(18-16-19-32(34)38)28-22-29(40(6,7)8)24-30(23-28)41(9,10)11/h25-39H,12-24H2,1-11H3. The van der Waals surface area contributed by atoms with Gasteiger partial charge in [0.2, 0.25) is 0 Å². The van der Waals surface area contributed by atoms with E-state index in [2.05, 4.69) is 87.9 Å². The molecule has 1 saturated heterocycles. The summed E-state index contributed by atoms with van der Waals surface area (Å²) in [4.78, 5) is 0. The van der Waals surface area contributed by atoms with Crippen LogP contribution in [0.4, 0.5) is 0 Å². The van der Waals surface area contributed by atoms with E-state index in [4.69, 9.17) is 0 Å². The molecule has 0 N–H and O–H groups in total. The number of fused-ring (bicyclic) bond motifs is 4. The first kappa shape index (κ1) is 33.5. The second kappa shape index (κ2) is 12.2. The summed E-state index contributed by atoms with van der Waals surface area (Å²) in [5, 5.41) is 2.02. The number of thioether (sulfide) groups is 1. The lowest BCUT2D eigenvalue weighted by Gasteiger charge is -2.53. The van der Waals surface area contributed by atoms with Crippen LogP contribution < -0.4 is 0 Å². The molecule has 43 heavy (non-hydrogen) atoms. The van der Waals surface area contributed by atoms with Gasteiger partial charge in [0.05, 0.1) is 8.07 Å². The van der Waals surface area contributed by atoms with Crippen LogP contribution in [0.5, 0.6) is 0 Å². The molecule has 0 aromatic heterocycles. The van der Waals surface area contributed by atoms with Crippen molar-refractivity contribution < 1.29 is 0 Å². The predicted molar refractivity (Wildman–Crippen MR) is 194 cm³/mol. The van der Waals surface area contributed by atoms with Gasteiger partial charge in [0.15, 0.2) is 0 Å². The fourth-order valence-electron chi connectivity index (χ4n) is 14.3. The van der Waals surface area contributed by atoms with Gasteiger partial charge in [-0.1, -0.05) is 114 Å². The largest absolute Gasteiger partial charge is 0.154 e. The first-order valence-corrected chi connectivity index (χ1v) is 23.4. The van der Waals surface area contributed by atoms with Crippen LogP contribution in [-0.4, -0.2) is 18.6 Å². The summed E-state index contributed by atoms with van der Waals surface area (Å²) >= 11 is 2.53. The Morgan fingerprint density at radius 3 is 1.79 bits per heavy atom. The zero-order chi connectivity index (χ0) is 31.1. The van der Waals surface area contributed by atoms with Crippen molar-refractivity contribution in [2.45, 2.75) is 180 Å². The molecule has 5 aliphatic carbocycles. The Labute approximate surface area is 275 Å². The van der Waals surface area contributed by atoms with E-state index in [-0.39, 0.29) is 0 Å². The van der Waals surface area contributed by atoms with Gasteiger partial charge in [0, 0.05) is 10.5 Å². The highest BCUT2D eigenvalue weighted by Crippen LogP contribution is 2.71. The Kier molecular flexibility index (Phi) is 9.51. The lowest BCUT2D eigenvalue weighted by atomic mass is 9.55. The number of rotatable bonds is 5. The molecule has 5 saturated carbocycles. The average Bonchev–Trinajstić information content (AvgIpc) is 3.58. The number of hydrogen-bond donors (Lipinski definition) is 0. The molecule has 0 radical (unpaired) electrons. The molecule has 0 aromatic carbocycles. The van der Waals surface area contributed by atoms with Crippen LogP contribution in [0, 0.1) is 75.9 Å². The van der Waals surface area contributed by atoms with Crippen LogP contribution in [0.15, 0.2) is 0 Å². The third-order valence-corrected chi connectivity index (χ3v) is 25.8. The van der Waals surface area contributed by atoms with Crippen molar-refractivity contribution in [1.29, 1.82) is 0 Å². The van der Waals surface area contributed by atoms with Gasteiger partial charge >= 0.3 is 0 Å². The van der Waals surface area contributed by atoms with Gasteiger partial charge in [-0.3, -0.25) is 0 Å². The van der Waals surface area contributed by atoms with Crippen LogP contribution in [0.25, 0.3) is 0 Å². The Bertz CT molecular complexity index is 930. The lowest BCUT2D eigenvalue weighted by molar-refractivity contribution is -0.000506. The third kappa shape index (κ3) is 5.63. The van der Waals surface area contributed by atoms with E-state index in [1.807, 2.05) is 0 Å². The van der Waals surface area contributed by atoms with Gasteiger partial charge in [-0.25, -0.2) is 0 Å². The molecule has 0 bridgehead atoms. The van der Waals surface area contributed by atoms with Gasteiger partial charge in [-0.05, 0) is 132 Å². The fourth-order valence-corrected chi connectivity index (χ4v) is 24.7. The van der Waals surface area contributed by atoms with Crippen molar-refractivity contribution in [2.75, 3.05) is 0 Å². The molecular formula is C41H74SSi. The zero-order valence-electron chi connectivity index (χ0n) is 30.8. The highest BCUT2D eigenvalue weighted by Gasteiger charge is 2.66. The van der Waals surface area contributed by atoms with E-state index >= 15 is 0 Å². The molecule has 14 unspecified atom stereocenters. The van der Waals surface area contributed by atoms with E-state index < -0.39 is 8.07 Å². The summed E-state index contributed by atoms with van der Waals surface area (Å²) in [7, 11) is -1.49. The third-order valence-electron chi connectivity index (χ3n) is 16.6. The minimum atomic E-state index is -1.49. The predicted octanol–water partition coefficient (Wildman–Crippen LogP) is 13.0. The maximum atomic E-state index is 2.80. The molecule has 0 nitrogen and oxygen atoms in total. The Balaban J connectivity index is 1.31. The highest BCUT2D eigenvalue weighted by atomic mass is 32.2. The molecule has 0 spiro atoms. The van der Waals surface area contributed by atoms with Gasteiger partial charge < -0.3 is 0 Å². The van der Waals surface area contributed by atoms with Crippen molar-refractivity contribution in [1.82, 2.24) is 0 Å². The smallest absolute Gasteiger partial charge is 0.0604 e. The molecule has 248 valence electrons. The molecule has 6 fully saturated rings. The minimum Gasteiger partial charge on any atom is -0.154 e. The van der Waals surface area contributed by atoms with Crippen molar-refractivity contribution in [3.8, 4) is 0 Å². The molecular weight excluding hydrogens is 553 g/mol. The van der Waals surface area contributed by atoms with Crippen molar-refractivity contribution in [3.63, 3.8) is 0 Å². The molecule has 1 aliphatic heterocycles. The summed E-state index contributed by atoms with van der Waals surface area (Å²) in [5.74, 6) is 11.0. The van der Waals surface area contributed by atoms with Gasteiger partial charge in [0.25, 0.3) is 0 Å². The summed E-state index contributed by atoms with van der Waals surface area (Å²) in [6.45, 7) is 29.1. The maximum absolute atomic E-state index is 2.80. The van der Waals surface area contributed by atoms with Crippen LogP contribution in [-0.2, 0) is 0 Å². The quantitative estimate of drug-likeness (QED) is 0.274. The van der Waals surface area contributed by atoms with Crippen LogP contribution in [0.2, 0.25) is 23.2 Å². The van der Waals surface area contributed by atoms with Crippen LogP contribution in [0.3, 0.4) is 0 Å². The zero-order valence-corrected chi connectivity index (χ0v) is 32.6. The Morgan fingerprint density at radius 1 is 0.605 bits per heavy atom. The van der Waals surface area contributed by atoms with E-state index in [9.17, 15) is 0 Å². The van der Waals surface area contributed by atoms with E-state index in [0.29, 0.717) is 10.8 Å². The summed E-state index contributed by atoms with van der Waals surface area (Å²) < 4.78 is 0. The molecule has 14 atom stereocenters. The minimum absolute atomic E-state index is 0.455. The number of hydrogen-bond acceptors (Lipinski definition) is 1. The maximum Gasteiger partial charge on any atom is 0.0604 e. The van der Waals surface area contributed by atoms with Crippen molar-refractivity contribution in [3.05, 3.63) is 0 Å². The second-order valence-electron chi connectivity index (χ2n) is 20.1. The summed E-state index contributed by atoms with van der Waals surface area (Å²) in [6.07, 6.45) is 17.0. The first-order valence-electron chi connectivity index (χ1n) is 19.9. The Hall–Kier alpha value is 0.567. The first-order chi connectivity index (χ1) is 20.2. The van der Waals surface area contributed by atoms with E-state index in [1.54, 1.807) is 50.6 Å². The molecule has 1 heterocycles. The van der Waals surface area contributed by atoms with Crippen LogP contribution >= 0.6 is 11.8 Å². The molecule has 2 heteroatoms. The van der Waals surface area contributed by atoms with E-state index in [1.165, 1.54) is 32.1 Å². The SMILES string of the molecule is CC[Si](CC)(C1C(C)CC2C(C3CC(C(C)(C)C)CC(C(C)(C)C)C3)CCCC21)C1C(C)C(C)C2SC3CCCCC3C21. The van der Waals surface area contributed by atoms with Crippen LogP contribution in [0.1, 0.15) is 147 Å². The summed E-state index contributed by atoms with van der Waals surface area (Å²) in [6, 6.07) is 3.17. The molecule has 0 amide bonds. The van der Waals surface area contributed by atoms with E-state index in [0.717, 1.165) is 86.7 Å². The summed E-state index contributed by atoms with van der Waals surface area (Å²) in [5.41, 5.74) is 3.13. The normalized spacial score (nSPS) is 49.0. The monoisotopic (exact) mass is 627 g/mol.